The van der Waals surface area contributed by atoms with Gasteiger partial charge in [0, 0.05) is 12.3 Å². The molecule has 0 aromatic carbocycles. The summed E-state index contributed by atoms with van der Waals surface area (Å²) in [5.41, 5.74) is 0.450. The first-order chi connectivity index (χ1) is 6.75. The molecule has 14 heavy (non-hydrogen) atoms. The van der Waals surface area contributed by atoms with E-state index in [9.17, 15) is 4.79 Å². The zero-order chi connectivity index (χ0) is 9.97. The molecular formula is C8H8N4O2. The Bertz CT molecular complexity index is 432. The normalized spacial score (nSPS) is 10.1. The molecule has 0 spiro atoms. The van der Waals surface area contributed by atoms with Crippen LogP contribution in [0.3, 0.4) is 0 Å². The lowest BCUT2D eigenvalue weighted by Gasteiger charge is -1.95. The van der Waals surface area contributed by atoms with E-state index in [4.69, 9.17) is 4.52 Å². The fourth-order valence-electron chi connectivity index (χ4n) is 0.989. The molecule has 1 amide bonds. The minimum atomic E-state index is -0.271. The van der Waals surface area contributed by atoms with Gasteiger partial charge in [0.05, 0.1) is 11.8 Å². The Hall–Kier alpha value is -2.11. The summed E-state index contributed by atoms with van der Waals surface area (Å²) in [5, 5.41) is 12.4. The number of hydrogen-bond acceptors (Lipinski definition) is 4. The second-order valence-corrected chi connectivity index (χ2v) is 2.76. The predicted octanol–water partition coefficient (Wildman–Crippen LogP) is 0.958. The summed E-state index contributed by atoms with van der Waals surface area (Å²) >= 11 is 0. The fraction of sp³-hybridized carbons (Fsp3) is 0.125. The minimum absolute atomic E-state index is 0.271. The number of hydrogen-bond donors (Lipinski definition) is 2. The summed E-state index contributed by atoms with van der Waals surface area (Å²) in [7, 11) is 0. The van der Waals surface area contributed by atoms with E-state index in [0.717, 1.165) is 0 Å². The van der Waals surface area contributed by atoms with Crippen LogP contribution in [0.5, 0.6) is 0 Å². The van der Waals surface area contributed by atoms with Crippen LogP contribution in [0.2, 0.25) is 0 Å². The number of amides is 1. The number of H-pyrrole nitrogens is 1. The Balaban J connectivity index is 2.09. The first-order valence-electron chi connectivity index (χ1n) is 3.99. The smallest absolute Gasteiger partial charge is 0.260 e. The standard InChI is InChI=1S/C8H8N4O2/c1-5-2-7(12-14-5)11-8(13)6-3-9-10-4-6/h2-4H,1H3,(H,9,10)(H,11,12,13). The zero-order valence-electron chi connectivity index (χ0n) is 7.44. The number of anilines is 1. The molecule has 72 valence electrons. The third-order valence-electron chi connectivity index (χ3n) is 1.63. The molecule has 0 aliphatic carbocycles. The molecule has 0 atom stereocenters. The molecule has 2 rings (SSSR count). The van der Waals surface area contributed by atoms with E-state index in [1.54, 1.807) is 13.0 Å². The van der Waals surface area contributed by atoms with E-state index < -0.39 is 0 Å². The maximum atomic E-state index is 11.4. The molecule has 0 fully saturated rings. The van der Waals surface area contributed by atoms with E-state index in [1.807, 2.05) is 0 Å². The zero-order valence-corrected chi connectivity index (χ0v) is 7.44. The van der Waals surface area contributed by atoms with Crippen molar-refractivity contribution in [2.75, 3.05) is 5.32 Å². The fourth-order valence-corrected chi connectivity index (χ4v) is 0.989. The van der Waals surface area contributed by atoms with Crippen molar-refractivity contribution in [3.05, 3.63) is 29.8 Å². The van der Waals surface area contributed by atoms with Gasteiger partial charge in [-0.2, -0.15) is 5.10 Å². The van der Waals surface area contributed by atoms with Crippen LogP contribution < -0.4 is 5.32 Å². The van der Waals surface area contributed by atoms with Crippen molar-refractivity contribution in [3.8, 4) is 0 Å². The van der Waals surface area contributed by atoms with Crippen LogP contribution in [0.15, 0.2) is 23.0 Å². The minimum Gasteiger partial charge on any atom is -0.360 e. The second-order valence-electron chi connectivity index (χ2n) is 2.76. The molecule has 0 unspecified atom stereocenters. The van der Waals surface area contributed by atoms with Crippen molar-refractivity contribution in [1.29, 1.82) is 0 Å². The quantitative estimate of drug-likeness (QED) is 0.742. The van der Waals surface area contributed by atoms with Gasteiger partial charge in [0.1, 0.15) is 5.76 Å². The summed E-state index contributed by atoms with van der Waals surface area (Å²) in [6.07, 6.45) is 2.94. The van der Waals surface area contributed by atoms with Gasteiger partial charge in [-0.15, -0.1) is 0 Å². The molecule has 0 bridgehead atoms. The maximum absolute atomic E-state index is 11.4. The Morgan fingerprint density at radius 2 is 2.50 bits per heavy atom. The van der Waals surface area contributed by atoms with Crippen molar-refractivity contribution in [2.24, 2.45) is 0 Å². The van der Waals surface area contributed by atoms with Gasteiger partial charge in [0.2, 0.25) is 0 Å². The topological polar surface area (TPSA) is 83.8 Å². The van der Waals surface area contributed by atoms with E-state index in [1.165, 1.54) is 12.4 Å². The van der Waals surface area contributed by atoms with Gasteiger partial charge in [-0.3, -0.25) is 9.89 Å². The number of aryl methyl sites for hydroxylation is 1. The number of carbonyl (C=O) groups excluding carboxylic acids is 1. The summed E-state index contributed by atoms with van der Waals surface area (Å²) in [6.45, 7) is 1.75. The van der Waals surface area contributed by atoms with Crippen LogP contribution in [-0.4, -0.2) is 21.3 Å². The molecule has 6 heteroatoms. The molecule has 2 aromatic rings. The first-order valence-corrected chi connectivity index (χ1v) is 3.99. The van der Waals surface area contributed by atoms with E-state index >= 15 is 0 Å². The summed E-state index contributed by atoms with van der Waals surface area (Å²) in [6, 6.07) is 1.64. The SMILES string of the molecule is Cc1cc(NC(=O)c2cn[nH]c2)no1. The number of nitrogens with zero attached hydrogens (tertiary/aromatic N) is 2. The van der Waals surface area contributed by atoms with E-state index in [2.05, 4.69) is 20.7 Å². The molecule has 0 aliphatic rings. The van der Waals surface area contributed by atoms with E-state index in [-0.39, 0.29) is 5.91 Å². The highest BCUT2D eigenvalue weighted by atomic mass is 16.5. The summed E-state index contributed by atoms with van der Waals surface area (Å²) < 4.78 is 4.79. The Morgan fingerprint density at radius 3 is 3.07 bits per heavy atom. The number of carbonyl (C=O) groups is 1. The third-order valence-corrected chi connectivity index (χ3v) is 1.63. The average molecular weight is 192 g/mol. The summed E-state index contributed by atoms with van der Waals surface area (Å²) in [5.74, 6) is 0.772. The highest BCUT2D eigenvalue weighted by molar-refractivity contribution is 6.03. The number of rotatable bonds is 2. The molecule has 0 aliphatic heterocycles. The lowest BCUT2D eigenvalue weighted by Crippen LogP contribution is -2.10. The van der Waals surface area contributed by atoms with Crippen LogP contribution in [0.4, 0.5) is 5.82 Å². The van der Waals surface area contributed by atoms with Crippen LogP contribution in [0.1, 0.15) is 16.1 Å². The second kappa shape index (κ2) is 3.33. The highest BCUT2D eigenvalue weighted by Crippen LogP contribution is 2.08. The molecule has 2 aromatic heterocycles. The number of nitrogens with one attached hydrogen (secondary N) is 2. The Morgan fingerprint density at radius 1 is 1.64 bits per heavy atom. The third kappa shape index (κ3) is 1.63. The van der Waals surface area contributed by atoms with Gasteiger partial charge in [-0.05, 0) is 6.92 Å². The molecule has 2 N–H and O–H groups in total. The maximum Gasteiger partial charge on any atom is 0.260 e. The molecule has 0 saturated carbocycles. The molecule has 0 saturated heterocycles. The Labute approximate surface area is 79.3 Å². The van der Waals surface area contributed by atoms with Crippen molar-refractivity contribution in [1.82, 2.24) is 15.4 Å². The van der Waals surface area contributed by atoms with Gasteiger partial charge in [-0.1, -0.05) is 5.16 Å². The van der Waals surface area contributed by atoms with Gasteiger partial charge >= 0.3 is 0 Å². The van der Waals surface area contributed by atoms with Crippen LogP contribution in [0.25, 0.3) is 0 Å². The molecule has 6 nitrogen and oxygen atoms in total. The average Bonchev–Trinajstić information content (AvgIpc) is 2.75. The molecule has 2 heterocycles. The van der Waals surface area contributed by atoms with Crippen molar-refractivity contribution in [3.63, 3.8) is 0 Å². The van der Waals surface area contributed by atoms with Gasteiger partial charge in [0.15, 0.2) is 5.82 Å². The summed E-state index contributed by atoms with van der Waals surface area (Å²) in [4.78, 5) is 11.4. The van der Waals surface area contributed by atoms with Crippen molar-refractivity contribution >= 4 is 11.7 Å². The number of aromatic nitrogens is 3. The molecule has 0 radical (unpaired) electrons. The van der Waals surface area contributed by atoms with E-state index in [0.29, 0.717) is 17.1 Å². The van der Waals surface area contributed by atoms with Gasteiger partial charge < -0.3 is 9.84 Å². The van der Waals surface area contributed by atoms with Crippen LogP contribution in [0, 0.1) is 6.92 Å². The Kier molecular flexibility index (Phi) is 2.02. The van der Waals surface area contributed by atoms with Crippen molar-refractivity contribution in [2.45, 2.75) is 6.92 Å². The van der Waals surface area contributed by atoms with Gasteiger partial charge in [-0.25, -0.2) is 0 Å². The largest absolute Gasteiger partial charge is 0.360 e. The van der Waals surface area contributed by atoms with Crippen LogP contribution >= 0.6 is 0 Å². The highest BCUT2D eigenvalue weighted by Gasteiger charge is 2.08. The van der Waals surface area contributed by atoms with Crippen molar-refractivity contribution < 1.29 is 9.32 Å². The predicted molar refractivity (Wildman–Crippen MR) is 47.8 cm³/mol. The monoisotopic (exact) mass is 192 g/mol. The first kappa shape index (κ1) is 8.49. The molecular weight excluding hydrogens is 184 g/mol. The van der Waals surface area contributed by atoms with Gasteiger partial charge in [0.25, 0.3) is 5.91 Å². The lowest BCUT2D eigenvalue weighted by molar-refractivity contribution is 0.102. The lowest BCUT2D eigenvalue weighted by atomic mass is 10.3. The number of aromatic amines is 1. The van der Waals surface area contributed by atoms with Crippen LogP contribution in [-0.2, 0) is 0 Å².